The predicted octanol–water partition coefficient (Wildman–Crippen LogP) is 7.71. The lowest BCUT2D eigenvalue weighted by molar-refractivity contribution is 0.0101. The molecule has 5 atom stereocenters. The largest absolute Gasteiger partial charge is 0.474 e. The Bertz CT molecular complexity index is 2100. The Morgan fingerprint density at radius 3 is 2.34 bits per heavy atom. The summed E-state index contributed by atoms with van der Waals surface area (Å²) >= 11 is 0. The maximum absolute atomic E-state index is 14.9. The molecule has 0 radical (unpaired) electrons. The van der Waals surface area contributed by atoms with Crippen LogP contribution in [0.1, 0.15) is 84.2 Å². The lowest BCUT2D eigenvalue weighted by Gasteiger charge is -2.37. The van der Waals surface area contributed by atoms with Gasteiger partial charge in [-0.1, -0.05) is 41.6 Å². The van der Waals surface area contributed by atoms with E-state index in [2.05, 4.69) is 26.2 Å². The molecule has 2 aliphatic heterocycles. The number of carbonyl (C=O) groups is 2. The minimum atomic E-state index is -1.41. The number of carbonyl (C=O) groups excluding carboxylic acids is 2. The Morgan fingerprint density at radius 1 is 0.948 bits per heavy atom. The van der Waals surface area contributed by atoms with E-state index in [0.29, 0.717) is 6.42 Å². The van der Waals surface area contributed by atoms with Gasteiger partial charge in [0.15, 0.2) is 0 Å². The van der Waals surface area contributed by atoms with Gasteiger partial charge in [0.1, 0.15) is 42.2 Å². The lowest BCUT2D eigenvalue weighted by Crippen LogP contribution is -2.48. The number of hydrogen-bond donors (Lipinski definition) is 0. The van der Waals surface area contributed by atoms with Gasteiger partial charge in [-0.05, 0) is 59.2 Å². The third kappa shape index (κ3) is 9.78. The maximum Gasteiger partial charge on any atom is 0.410 e. The van der Waals surface area contributed by atoms with Crippen molar-refractivity contribution >= 4 is 12.2 Å². The molecule has 2 aromatic carbocycles. The molecular weight excluding hydrogens is 759 g/mol. The third-order valence-corrected chi connectivity index (χ3v) is 9.92. The molecule has 308 valence electrons. The molecule has 0 N–H and O–H groups in total. The van der Waals surface area contributed by atoms with E-state index in [4.69, 9.17) is 23.5 Å². The van der Waals surface area contributed by atoms with E-state index in [0.717, 1.165) is 17.7 Å². The number of nitrogens with zero attached hydrogens (tertiary/aromatic N) is 7. The van der Waals surface area contributed by atoms with E-state index in [1.54, 1.807) is 27.7 Å². The van der Waals surface area contributed by atoms with Gasteiger partial charge >= 0.3 is 12.2 Å². The van der Waals surface area contributed by atoms with Crippen molar-refractivity contribution in [2.24, 2.45) is 0 Å². The van der Waals surface area contributed by atoms with E-state index in [9.17, 15) is 28.0 Å². The van der Waals surface area contributed by atoms with Crippen molar-refractivity contribution in [2.75, 3.05) is 13.1 Å². The summed E-state index contributed by atoms with van der Waals surface area (Å²) in [6, 6.07) is 15.1. The molecule has 17 heteroatoms. The number of halogens is 3. The normalized spacial score (nSPS) is 20.3. The number of rotatable bonds is 11. The smallest absolute Gasteiger partial charge is 0.410 e. The van der Waals surface area contributed by atoms with Gasteiger partial charge in [0.25, 0.3) is 0 Å². The fourth-order valence-corrected chi connectivity index (χ4v) is 7.09. The summed E-state index contributed by atoms with van der Waals surface area (Å²) in [7, 11) is 0. The summed E-state index contributed by atoms with van der Waals surface area (Å²) in [5, 5.41) is 13.7. The van der Waals surface area contributed by atoms with Crippen molar-refractivity contribution in [1.82, 2.24) is 29.9 Å². The summed E-state index contributed by atoms with van der Waals surface area (Å²) in [6.45, 7) is 10.00. The van der Waals surface area contributed by atoms with Crippen molar-refractivity contribution < 1.29 is 46.2 Å². The van der Waals surface area contributed by atoms with Crippen molar-refractivity contribution in [3.63, 3.8) is 0 Å². The van der Waals surface area contributed by atoms with Crippen LogP contribution in [0.5, 0.6) is 11.8 Å². The van der Waals surface area contributed by atoms with Gasteiger partial charge in [0, 0.05) is 31.4 Å². The van der Waals surface area contributed by atoms with E-state index >= 15 is 0 Å². The second kappa shape index (κ2) is 17.3. The second-order valence-electron chi connectivity index (χ2n) is 15.9. The van der Waals surface area contributed by atoms with Crippen LogP contribution in [-0.4, -0.2) is 91.2 Å². The minimum absolute atomic E-state index is 0.00969. The minimum Gasteiger partial charge on any atom is -0.474 e. The second-order valence-corrected chi connectivity index (χ2v) is 15.9. The highest BCUT2D eigenvalue weighted by Crippen LogP contribution is 2.36. The molecule has 0 bridgehead atoms. The molecule has 2 aliphatic rings. The Hall–Kier alpha value is -5.92. The number of nitriles is 1. The Balaban J connectivity index is 1.26. The van der Waals surface area contributed by atoms with E-state index in [1.807, 2.05) is 30.3 Å². The maximum atomic E-state index is 14.9. The summed E-state index contributed by atoms with van der Waals surface area (Å²) in [5.41, 5.74) is -1.68. The first-order chi connectivity index (χ1) is 27.5. The number of benzene rings is 2. The van der Waals surface area contributed by atoms with Gasteiger partial charge in [-0.15, -0.1) is 0 Å². The number of hydrogen-bond acceptors (Lipinski definition) is 12. The van der Waals surface area contributed by atoms with Gasteiger partial charge in [-0.3, -0.25) is 4.90 Å². The Morgan fingerprint density at radius 2 is 1.66 bits per heavy atom. The summed E-state index contributed by atoms with van der Waals surface area (Å²) in [5.74, 6) is -2.04. The van der Waals surface area contributed by atoms with Gasteiger partial charge in [0.2, 0.25) is 29.3 Å². The first-order valence-corrected chi connectivity index (χ1v) is 19.0. The third-order valence-electron chi connectivity index (χ3n) is 9.92. The molecule has 2 aromatic heterocycles. The lowest BCUT2D eigenvalue weighted by atomic mass is 9.83. The van der Waals surface area contributed by atoms with E-state index in [-0.39, 0.29) is 73.8 Å². The summed E-state index contributed by atoms with van der Waals surface area (Å²) < 4.78 is 73.8. The van der Waals surface area contributed by atoms with Crippen LogP contribution < -0.4 is 9.47 Å². The van der Waals surface area contributed by atoms with Gasteiger partial charge in [-0.25, -0.2) is 22.8 Å². The monoisotopic (exact) mass is 805 g/mol. The van der Waals surface area contributed by atoms with Crippen LogP contribution in [0.2, 0.25) is 0 Å². The highest BCUT2D eigenvalue weighted by Gasteiger charge is 2.42. The van der Waals surface area contributed by atoms with Gasteiger partial charge in [-0.2, -0.15) is 20.2 Å². The van der Waals surface area contributed by atoms with Crippen LogP contribution in [0.4, 0.5) is 22.8 Å². The molecular formula is C41H46F3N7O7. The Labute approximate surface area is 334 Å². The molecule has 4 aromatic rings. The number of ether oxygens (including phenoxy) is 4. The number of alkyl halides is 1. The van der Waals surface area contributed by atoms with Gasteiger partial charge in [0.05, 0.1) is 42.6 Å². The van der Waals surface area contributed by atoms with Crippen LogP contribution in [0, 0.1) is 23.0 Å². The standard InChI is InChI=1S/C41H46F3N7O7/c1-24(31-19-26(42)22-51(31)39(53)57-40(2,3)4)55-32-21-33(47-35(46-32)36-48-37(58-49-36)41(5,6)34-29(43)13-10-14-30(34)44)56-28-16-18-50(27(20-28)15-17-45)38(52)54-23-25-11-8-7-9-12-25/h7-14,21,24,26-28,31H,15-16,18-20,22-23H2,1-6H3/t24-,26+,27+,28-,31-/m0/s1. The van der Waals surface area contributed by atoms with Crippen molar-refractivity contribution in [3.05, 3.63) is 83.2 Å². The molecule has 2 amide bonds. The zero-order valence-corrected chi connectivity index (χ0v) is 33.2. The topological polar surface area (TPSA) is 166 Å². The molecule has 6 rings (SSSR count). The molecule has 0 spiro atoms. The van der Waals surface area contributed by atoms with Crippen molar-refractivity contribution in [2.45, 2.75) is 115 Å². The molecule has 4 heterocycles. The molecule has 0 aliphatic carbocycles. The SMILES string of the molecule is C[C@H](Oc1cc(O[C@H]2CCN(C(=O)OCc3ccccc3)[C@H](CC#N)C2)nc(-c2noc(C(C)(C)c3c(F)cccc3F)n2)n1)[C@@H]1C[C@@H](F)CN1C(=O)OC(C)(C)C. The molecule has 14 nitrogen and oxygen atoms in total. The highest BCUT2D eigenvalue weighted by atomic mass is 19.1. The predicted molar refractivity (Wildman–Crippen MR) is 201 cm³/mol. The number of piperidine rings is 1. The molecule has 0 saturated carbocycles. The summed E-state index contributed by atoms with van der Waals surface area (Å²) in [4.78, 5) is 42.5. The van der Waals surface area contributed by atoms with Gasteiger partial charge < -0.3 is 28.4 Å². The van der Waals surface area contributed by atoms with E-state index < -0.39 is 65.3 Å². The molecule has 2 fully saturated rings. The molecule has 0 unspecified atom stereocenters. The quantitative estimate of drug-likeness (QED) is 0.145. The fourth-order valence-electron chi connectivity index (χ4n) is 7.09. The Kier molecular flexibility index (Phi) is 12.4. The zero-order chi connectivity index (χ0) is 41.8. The number of amides is 2. The van der Waals surface area contributed by atoms with Crippen LogP contribution in [0.3, 0.4) is 0 Å². The van der Waals surface area contributed by atoms with Crippen molar-refractivity contribution in [1.29, 1.82) is 5.26 Å². The van der Waals surface area contributed by atoms with E-state index in [1.165, 1.54) is 35.8 Å². The van der Waals surface area contributed by atoms with Crippen molar-refractivity contribution in [3.8, 4) is 29.5 Å². The first kappa shape index (κ1) is 41.7. The number of likely N-dealkylation sites (tertiary alicyclic amines) is 2. The molecule has 2 saturated heterocycles. The zero-order valence-electron chi connectivity index (χ0n) is 33.2. The summed E-state index contributed by atoms with van der Waals surface area (Å²) in [6.07, 6.45) is -3.25. The van der Waals surface area contributed by atoms with Crippen LogP contribution in [0.25, 0.3) is 11.6 Å². The molecule has 58 heavy (non-hydrogen) atoms. The fraction of sp³-hybridized carbons (Fsp3) is 0.488. The number of aromatic nitrogens is 4. The average molecular weight is 806 g/mol. The van der Waals surface area contributed by atoms with Crippen LogP contribution >= 0.6 is 0 Å². The first-order valence-electron chi connectivity index (χ1n) is 19.0. The van der Waals surface area contributed by atoms with Crippen LogP contribution in [0.15, 0.2) is 59.1 Å². The van der Waals surface area contributed by atoms with Crippen LogP contribution in [-0.2, 0) is 21.5 Å². The average Bonchev–Trinajstić information content (AvgIpc) is 3.82. The highest BCUT2D eigenvalue weighted by molar-refractivity contribution is 5.69.